The standard InChI is InChI=1S/C20H21N5O2S/c1-13-18(28-14(2)22-13)20(27)24-10-4-8-17(24)19(26)23-15-6-3-7-16(12-15)25-11-5-9-21-25/h3,5-7,9,11-12,17H,4,8,10H2,1-2H3,(H,23,26). The molecule has 1 aliphatic rings. The van der Waals surface area contributed by atoms with Crippen molar-refractivity contribution in [2.75, 3.05) is 11.9 Å². The fourth-order valence-electron chi connectivity index (χ4n) is 3.52. The van der Waals surface area contributed by atoms with Crippen LogP contribution < -0.4 is 5.32 Å². The van der Waals surface area contributed by atoms with Gasteiger partial charge in [-0.15, -0.1) is 11.3 Å². The van der Waals surface area contributed by atoms with Gasteiger partial charge in [0.1, 0.15) is 10.9 Å². The summed E-state index contributed by atoms with van der Waals surface area (Å²) in [7, 11) is 0. The highest BCUT2D eigenvalue weighted by atomic mass is 32.1. The number of amides is 2. The molecule has 0 spiro atoms. The van der Waals surface area contributed by atoms with Crippen LogP contribution >= 0.6 is 11.3 Å². The molecule has 1 N–H and O–H groups in total. The number of hydrogen-bond acceptors (Lipinski definition) is 5. The van der Waals surface area contributed by atoms with Gasteiger partial charge in [-0.1, -0.05) is 6.07 Å². The van der Waals surface area contributed by atoms with E-state index in [2.05, 4.69) is 15.4 Å². The molecule has 1 aliphatic heterocycles. The fraction of sp³-hybridized carbons (Fsp3) is 0.300. The average molecular weight is 395 g/mol. The van der Waals surface area contributed by atoms with Crippen LogP contribution in [0.3, 0.4) is 0 Å². The minimum absolute atomic E-state index is 0.106. The van der Waals surface area contributed by atoms with E-state index in [-0.39, 0.29) is 11.8 Å². The summed E-state index contributed by atoms with van der Waals surface area (Å²) in [6.45, 7) is 4.30. The lowest BCUT2D eigenvalue weighted by Crippen LogP contribution is -2.43. The maximum Gasteiger partial charge on any atom is 0.266 e. The average Bonchev–Trinajstić information content (AvgIpc) is 3.42. The van der Waals surface area contributed by atoms with E-state index in [0.29, 0.717) is 23.5 Å². The molecule has 1 atom stereocenters. The second kappa shape index (κ2) is 7.55. The molecule has 8 heteroatoms. The summed E-state index contributed by atoms with van der Waals surface area (Å²) in [4.78, 5) is 32.5. The van der Waals surface area contributed by atoms with Gasteiger partial charge in [-0.25, -0.2) is 9.67 Å². The normalized spacial score (nSPS) is 16.4. The van der Waals surface area contributed by atoms with E-state index >= 15 is 0 Å². The van der Waals surface area contributed by atoms with Crippen LogP contribution in [0, 0.1) is 13.8 Å². The van der Waals surface area contributed by atoms with Crippen molar-refractivity contribution in [3.8, 4) is 5.69 Å². The lowest BCUT2D eigenvalue weighted by Gasteiger charge is -2.23. The Hall–Kier alpha value is -3.00. The molecule has 2 amide bonds. The number of aryl methyl sites for hydroxylation is 2. The van der Waals surface area contributed by atoms with Gasteiger partial charge >= 0.3 is 0 Å². The van der Waals surface area contributed by atoms with E-state index in [1.165, 1.54) is 11.3 Å². The number of thiazole rings is 1. The Balaban J connectivity index is 1.50. The van der Waals surface area contributed by atoms with Crippen molar-refractivity contribution in [3.05, 3.63) is 58.3 Å². The quantitative estimate of drug-likeness (QED) is 0.736. The van der Waals surface area contributed by atoms with Gasteiger partial charge < -0.3 is 10.2 Å². The first kappa shape index (κ1) is 18.4. The lowest BCUT2D eigenvalue weighted by molar-refractivity contribution is -0.119. The van der Waals surface area contributed by atoms with Crippen LogP contribution in [-0.4, -0.2) is 44.1 Å². The topological polar surface area (TPSA) is 80.1 Å². The van der Waals surface area contributed by atoms with Crippen LogP contribution in [0.15, 0.2) is 42.7 Å². The number of rotatable bonds is 4. The van der Waals surface area contributed by atoms with E-state index in [0.717, 1.165) is 22.8 Å². The number of anilines is 1. The van der Waals surface area contributed by atoms with Crippen LogP contribution in [-0.2, 0) is 4.79 Å². The number of carbonyl (C=O) groups is 2. The number of hydrogen-bond donors (Lipinski definition) is 1. The number of carbonyl (C=O) groups excluding carboxylic acids is 2. The summed E-state index contributed by atoms with van der Waals surface area (Å²) < 4.78 is 1.73. The summed E-state index contributed by atoms with van der Waals surface area (Å²) in [5.74, 6) is -0.270. The van der Waals surface area contributed by atoms with E-state index in [9.17, 15) is 9.59 Å². The molecule has 28 heavy (non-hydrogen) atoms. The molecule has 144 valence electrons. The van der Waals surface area contributed by atoms with Crippen LogP contribution in [0.2, 0.25) is 0 Å². The predicted molar refractivity (Wildman–Crippen MR) is 108 cm³/mol. The Kier molecular flexibility index (Phi) is 4.95. The summed E-state index contributed by atoms with van der Waals surface area (Å²) in [6.07, 6.45) is 5.02. The second-order valence-electron chi connectivity index (χ2n) is 6.79. The first-order valence-corrected chi connectivity index (χ1v) is 10.0. The van der Waals surface area contributed by atoms with Crippen molar-refractivity contribution in [3.63, 3.8) is 0 Å². The molecule has 0 aliphatic carbocycles. The number of aromatic nitrogens is 3. The Bertz CT molecular complexity index is 1010. The third-order valence-electron chi connectivity index (χ3n) is 4.80. The second-order valence-corrected chi connectivity index (χ2v) is 8.00. The van der Waals surface area contributed by atoms with Crippen molar-refractivity contribution in [1.82, 2.24) is 19.7 Å². The molecule has 7 nitrogen and oxygen atoms in total. The third-order valence-corrected chi connectivity index (χ3v) is 5.86. The molecular formula is C20H21N5O2S. The van der Waals surface area contributed by atoms with Crippen molar-refractivity contribution >= 4 is 28.8 Å². The minimum Gasteiger partial charge on any atom is -0.326 e. The first-order valence-electron chi connectivity index (χ1n) is 9.19. The molecule has 3 heterocycles. The summed E-state index contributed by atoms with van der Waals surface area (Å²) in [5.41, 5.74) is 2.27. The van der Waals surface area contributed by atoms with Crippen LogP contribution in [0.25, 0.3) is 5.69 Å². The van der Waals surface area contributed by atoms with Crippen molar-refractivity contribution in [2.45, 2.75) is 32.7 Å². The van der Waals surface area contributed by atoms with Gasteiger partial charge in [0.25, 0.3) is 5.91 Å². The summed E-state index contributed by atoms with van der Waals surface area (Å²) >= 11 is 1.38. The lowest BCUT2D eigenvalue weighted by atomic mass is 10.2. The molecule has 3 aromatic rings. The van der Waals surface area contributed by atoms with Gasteiger partial charge in [-0.2, -0.15) is 5.10 Å². The highest BCUT2D eigenvalue weighted by Gasteiger charge is 2.35. The number of likely N-dealkylation sites (tertiary alicyclic amines) is 1. The zero-order valence-corrected chi connectivity index (χ0v) is 16.6. The maximum absolute atomic E-state index is 13.0. The Labute approximate surface area is 167 Å². The maximum atomic E-state index is 13.0. The largest absolute Gasteiger partial charge is 0.326 e. The van der Waals surface area contributed by atoms with E-state index in [1.807, 2.05) is 50.4 Å². The molecule has 0 bridgehead atoms. The summed E-state index contributed by atoms with van der Waals surface area (Å²) in [5, 5.41) is 8.02. The molecule has 1 aromatic carbocycles. The van der Waals surface area contributed by atoms with Crippen LogP contribution in [0.4, 0.5) is 5.69 Å². The smallest absolute Gasteiger partial charge is 0.266 e. The molecule has 2 aromatic heterocycles. The Morgan fingerprint density at radius 2 is 2.11 bits per heavy atom. The van der Waals surface area contributed by atoms with Gasteiger partial charge in [-0.05, 0) is 51.0 Å². The number of nitrogens with one attached hydrogen (secondary N) is 1. The Morgan fingerprint density at radius 3 is 2.82 bits per heavy atom. The third kappa shape index (κ3) is 3.55. The predicted octanol–water partition coefficient (Wildman–Crippen LogP) is 3.19. The number of benzene rings is 1. The fourth-order valence-corrected chi connectivity index (χ4v) is 4.39. The van der Waals surface area contributed by atoms with Crippen molar-refractivity contribution in [2.24, 2.45) is 0 Å². The van der Waals surface area contributed by atoms with Gasteiger partial charge in [0.05, 0.1) is 16.4 Å². The van der Waals surface area contributed by atoms with Crippen molar-refractivity contribution < 1.29 is 9.59 Å². The van der Waals surface area contributed by atoms with E-state index in [1.54, 1.807) is 15.8 Å². The minimum atomic E-state index is -0.470. The highest BCUT2D eigenvalue weighted by Crippen LogP contribution is 2.26. The molecule has 0 radical (unpaired) electrons. The van der Waals surface area contributed by atoms with Gasteiger partial charge in [0, 0.05) is 24.6 Å². The van der Waals surface area contributed by atoms with Gasteiger partial charge in [0.2, 0.25) is 5.91 Å². The van der Waals surface area contributed by atoms with Crippen molar-refractivity contribution in [1.29, 1.82) is 0 Å². The van der Waals surface area contributed by atoms with E-state index < -0.39 is 6.04 Å². The SMILES string of the molecule is Cc1nc(C)c(C(=O)N2CCCC2C(=O)Nc2cccc(-n3cccn3)c2)s1. The Morgan fingerprint density at radius 1 is 1.25 bits per heavy atom. The molecule has 1 saturated heterocycles. The molecule has 1 fully saturated rings. The molecule has 4 rings (SSSR count). The number of nitrogens with zero attached hydrogens (tertiary/aromatic N) is 4. The monoisotopic (exact) mass is 395 g/mol. The molecular weight excluding hydrogens is 374 g/mol. The van der Waals surface area contributed by atoms with E-state index in [4.69, 9.17) is 0 Å². The first-order chi connectivity index (χ1) is 13.5. The summed E-state index contributed by atoms with van der Waals surface area (Å²) in [6, 6.07) is 8.86. The zero-order valence-electron chi connectivity index (χ0n) is 15.8. The molecule has 0 saturated carbocycles. The zero-order chi connectivity index (χ0) is 19.7. The highest BCUT2D eigenvalue weighted by molar-refractivity contribution is 7.13. The van der Waals surface area contributed by atoms with Crippen LogP contribution in [0.5, 0.6) is 0 Å². The van der Waals surface area contributed by atoms with Gasteiger partial charge in [0.15, 0.2) is 0 Å². The van der Waals surface area contributed by atoms with Crippen LogP contribution in [0.1, 0.15) is 33.2 Å². The van der Waals surface area contributed by atoms with Gasteiger partial charge in [-0.3, -0.25) is 9.59 Å². The molecule has 1 unspecified atom stereocenters.